The first-order chi connectivity index (χ1) is 18.3. The molecule has 0 amide bonds. The van der Waals surface area contributed by atoms with Gasteiger partial charge in [-0.1, -0.05) is 44.2 Å². The number of H-pyrrole nitrogens is 1. The number of fused-ring (bicyclic) bond motifs is 1. The lowest BCUT2D eigenvalue weighted by Crippen LogP contribution is -2.22. The van der Waals surface area contributed by atoms with Crippen LogP contribution in [0.15, 0.2) is 70.1 Å². The summed E-state index contributed by atoms with van der Waals surface area (Å²) in [5, 5.41) is 3.00. The number of rotatable bonds is 5. The summed E-state index contributed by atoms with van der Waals surface area (Å²) in [6.07, 6.45) is 3.19. The van der Waals surface area contributed by atoms with Crippen LogP contribution < -0.4 is 10.2 Å². The fraction of sp³-hybridized carbons (Fsp3) is 0.345. The smallest absolute Gasteiger partial charge is 0.376 e. The molecule has 1 aliphatic rings. The van der Waals surface area contributed by atoms with Crippen molar-refractivity contribution in [2.24, 2.45) is 9.98 Å². The molecule has 200 valence electrons. The number of nitrogens with one attached hydrogen (secondary N) is 2. The van der Waals surface area contributed by atoms with Crippen molar-refractivity contribution in [3.63, 3.8) is 0 Å². The third kappa shape index (κ3) is 5.98. The highest BCUT2D eigenvalue weighted by atomic mass is 19.4. The Labute approximate surface area is 221 Å². The molecule has 0 unspecified atom stereocenters. The van der Waals surface area contributed by atoms with Crippen molar-refractivity contribution in [2.45, 2.75) is 45.7 Å². The molecule has 0 atom stereocenters. The monoisotopic (exact) mass is 522 g/mol. The summed E-state index contributed by atoms with van der Waals surface area (Å²) in [6.45, 7) is 4.95. The molecule has 2 heterocycles. The van der Waals surface area contributed by atoms with Crippen molar-refractivity contribution < 1.29 is 13.2 Å². The van der Waals surface area contributed by atoms with Crippen LogP contribution in [0.1, 0.15) is 43.4 Å². The second kappa shape index (κ2) is 12.1. The Hall–Kier alpha value is -3.88. The van der Waals surface area contributed by atoms with Gasteiger partial charge in [-0.25, -0.2) is 9.98 Å². The Morgan fingerprint density at radius 3 is 2.50 bits per heavy atom. The molecule has 0 bridgehead atoms. The second-order valence-electron chi connectivity index (χ2n) is 9.14. The van der Waals surface area contributed by atoms with Gasteiger partial charge < -0.3 is 15.2 Å². The Kier molecular flexibility index (Phi) is 8.66. The van der Waals surface area contributed by atoms with E-state index in [4.69, 9.17) is 0 Å². The maximum atomic E-state index is 13.6. The summed E-state index contributed by atoms with van der Waals surface area (Å²) in [5.41, 5.74) is 7.10. The maximum Gasteiger partial charge on any atom is 0.419 e. The number of allylic oxidation sites excluding steroid dienone is 1. The van der Waals surface area contributed by atoms with E-state index >= 15 is 0 Å². The molecule has 4 rings (SSSR count). The summed E-state index contributed by atoms with van der Waals surface area (Å²) in [7, 11) is 2.03. The molecule has 0 aliphatic carbocycles. The number of halogens is 3. The van der Waals surface area contributed by atoms with E-state index in [1.165, 1.54) is 17.5 Å². The normalized spacial score (nSPS) is 19.5. The summed E-state index contributed by atoms with van der Waals surface area (Å²) >= 11 is 0. The molecule has 2 aromatic carbocycles. The molecule has 38 heavy (non-hydrogen) atoms. The molecule has 0 fully saturated rings. The Bertz CT molecular complexity index is 1360. The fourth-order valence-electron chi connectivity index (χ4n) is 4.87. The predicted octanol–water partition coefficient (Wildman–Crippen LogP) is 6.46. The summed E-state index contributed by atoms with van der Waals surface area (Å²) in [5.74, 6) is 0. The first kappa shape index (κ1) is 27.2. The SMILES string of the molecule is CCc1cccc(CC)c1N(C)/C(=C1\CCCN/C=N/C=C(C(F)(F)F)\C=N/C1)c1cccc2[nH]cnc12. The van der Waals surface area contributed by atoms with E-state index in [-0.39, 0.29) is 6.54 Å². The second-order valence-corrected chi connectivity index (χ2v) is 9.14. The zero-order chi connectivity index (χ0) is 27.1. The van der Waals surface area contributed by atoms with Gasteiger partial charge in [0.25, 0.3) is 0 Å². The van der Waals surface area contributed by atoms with Crippen LogP contribution in [0.2, 0.25) is 0 Å². The number of aryl methyl sites for hydroxylation is 2. The number of anilines is 1. The topological polar surface area (TPSA) is 68.7 Å². The first-order valence-electron chi connectivity index (χ1n) is 12.9. The van der Waals surface area contributed by atoms with Gasteiger partial charge in [0.05, 0.1) is 41.5 Å². The lowest BCUT2D eigenvalue weighted by Gasteiger charge is -2.30. The van der Waals surface area contributed by atoms with Gasteiger partial charge in [-0.2, -0.15) is 13.2 Å². The molecule has 2 N–H and O–H groups in total. The molecular formula is C29H33F3N6. The van der Waals surface area contributed by atoms with Crippen molar-refractivity contribution in [3.8, 4) is 0 Å². The zero-order valence-electron chi connectivity index (χ0n) is 21.9. The zero-order valence-corrected chi connectivity index (χ0v) is 21.9. The van der Waals surface area contributed by atoms with E-state index in [2.05, 4.69) is 62.2 Å². The van der Waals surface area contributed by atoms with Gasteiger partial charge in [0.15, 0.2) is 0 Å². The van der Waals surface area contributed by atoms with Crippen molar-refractivity contribution in [1.29, 1.82) is 0 Å². The van der Waals surface area contributed by atoms with Crippen molar-refractivity contribution in [3.05, 3.63) is 76.8 Å². The largest absolute Gasteiger partial charge is 0.419 e. The van der Waals surface area contributed by atoms with E-state index < -0.39 is 11.7 Å². The molecule has 0 spiro atoms. The molecule has 9 heteroatoms. The minimum absolute atomic E-state index is 0.118. The van der Waals surface area contributed by atoms with Gasteiger partial charge in [-0.3, -0.25) is 4.99 Å². The van der Waals surface area contributed by atoms with E-state index in [1.807, 2.05) is 25.2 Å². The number of alkyl halides is 3. The van der Waals surface area contributed by atoms with Gasteiger partial charge >= 0.3 is 6.18 Å². The van der Waals surface area contributed by atoms with Gasteiger partial charge in [0.2, 0.25) is 0 Å². The number of benzene rings is 2. The number of imidazole rings is 1. The molecule has 0 saturated carbocycles. The Morgan fingerprint density at radius 1 is 1.05 bits per heavy atom. The summed E-state index contributed by atoms with van der Waals surface area (Å²) < 4.78 is 40.7. The number of para-hydroxylation sites is 2. The molecule has 0 saturated heterocycles. The lowest BCUT2D eigenvalue weighted by molar-refractivity contribution is -0.0857. The molecule has 6 nitrogen and oxygen atoms in total. The third-order valence-corrected chi connectivity index (χ3v) is 6.69. The highest BCUT2D eigenvalue weighted by Gasteiger charge is 2.32. The van der Waals surface area contributed by atoms with Crippen LogP contribution in [-0.2, 0) is 12.8 Å². The maximum absolute atomic E-state index is 13.6. The quantitative estimate of drug-likeness (QED) is 0.404. The Balaban J connectivity index is 1.94. The Morgan fingerprint density at radius 2 is 1.79 bits per heavy atom. The fourth-order valence-corrected chi connectivity index (χ4v) is 4.87. The number of hydrogen-bond donors (Lipinski definition) is 2. The van der Waals surface area contributed by atoms with E-state index in [9.17, 15) is 13.2 Å². The first-order valence-corrected chi connectivity index (χ1v) is 12.9. The standard InChI is InChI=1S/C29H33F3N6/c1-4-20-9-6-10-21(5-2)27(20)38(3)28(24-12-7-13-25-26(24)37-19-36-25)22-11-8-14-33-18-35-17-23(16-34-15-22)29(30,31)32/h6-7,9-10,12-13,16-19H,4-5,8,11,14-15H2,1-3H3,(H,33,35)(H,36,37)/b23-17+,28-22+,34-16-. The van der Waals surface area contributed by atoms with Crippen LogP contribution in [0.5, 0.6) is 0 Å². The summed E-state index contributed by atoms with van der Waals surface area (Å²) in [4.78, 5) is 18.0. The van der Waals surface area contributed by atoms with E-state index in [0.29, 0.717) is 13.0 Å². The van der Waals surface area contributed by atoms with Gasteiger partial charge in [-0.15, -0.1) is 0 Å². The van der Waals surface area contributed by atoms with Gasteiger partial charge in [0.1, 0.15) is 0 Å². The van der Waals surface area contributed by atoms with Crippen molar-refractivity contribution >= 4 is 35.0 Å². The summed E-state index contributed by atoms with van der Waals surface area (Å²) in [6, 6.07) is 12.3. The highest BCUT2D eigenvalue weighted by Crippen LogP contribution is 2.37. The predicted molar refractivity (Wildman–Crippen MR) is 150 cm³/mol. The van der Waals surface area contributed by atoms with Crippen molar-refractivity contribution in [2.75, 3.05) is 25.0 Å². The number of aromatic amines is 1. The number of nitrogens with zero attached hydrogens (tertiary/aromatic N) is 4. The molecular weight excluding hydrogens is 489 g/mol. The van der Waals surface area contributed by atoms with E-state index in [0.717, 1.165) is 65.2 Å². The van der Waals surface area contributed by atoms with Crippen LogP contribution in [0.4, 0.5) is 18.9 Å². The molecule has 0 radical (unpaired) electrons. The highest BCUT2D eigenvalue weighted by molar-refractivity contribution is 5.95. The van der Waals surface area contributed by atoms with Crippen LogP contribution >= 0.6 is 0 Å². The van der Waals surface area contributed by atoms with Gasteiger partial charge in [0, 0.05) is 37.3 Å². The molecule has 1 aromatic heterocycles. The molecule has 3 aromatic rings. The van der Waals surface area contributed by atoms with Crippen LogP contribution in [0, 0.1) is 0 Å². The lowest BCUT2D eigenvalue weighted by atomic mass is 9.96. The van der Waals surface area contributed by atoms with Crippen LogP contribution in [0.3, 0.4) is 0 Å². The number of aromatic nitrogens is 2. The number of aliphatic imine (C=N–C) groups is 2. The average Bonchev–Trinajstić information content (AvgIpc) is 3.38. The number of hydrogen-bond acceptors (Lipinski definition) is 5. The van der Waals surface area contributed by atoms with Crippen molar-refractivity contribution in [1.82, 2.24) is 15.3 Å². The van der Waals surface area contributed by atoms with E-state index in [1.54, 1.807) is 6.33 Å². The van der Waals surface area contributed by atoms with Gasteiger partial charge in [-0.05, 0) is 48.4 Å². The minimum atomic E-state index is -4.55. The van der Waals surface area contributed by atoms with Crippen LogP contribution in [-0.4, -0.2) is 48.8 Å². The molecule has 1 aliphatic heterocycles. The van der Waals surface area contributed by atoms with Crippen LogP contribution in [0.25, 0.3) is 16.7 Å². The average molecular weight is 523 g/mol. The third-order valence-electron chi connectivity index (χ3n) is 6.69. The minimum Gasteiger partial charge on any atom is -0.376 e.